The number of hydrogen-bond donors (Lipinski definition) is 1. The molecule has 0 unspecified atom stereocenters. The quantitative estimate of drug-likeness (QED) is 0.385. The molecule has 0 aliphatic heterocycles. The third-order valence-electron chi connectivity index (χ3n) is 5.90. The zero-order chi connectivity index (χ0) is 24.9. The minimum absolute atomic E-state index is 0.218. The van der Waals surface area contributed by atoms with Gasteiger partial charge in [-0.15, -0.1) is 0 Å². The largest absolute Gasteiger partial charge is 0.493 e. The number of aromatic nitrogens is 1. The highest BCUT2D eigenvalue weighted by Gasteiger charge is 2.24. The summed E-state index contributed by atoms with van der Waals surface area (Å²) >= 11 is 0. The van der Waals surface area contributed by atoms with E-state index in [1.807, 2.05) is 55.5 Å². The van der Waals surface area contributed by atoms with Crippen molar-refractivity contribution in [1.82, 2.24) is 10.3 Å². The Hall–Kier alpha value is -4.26. The Morgan fingerprint density at radius 1 is 0.771 bits per heavy atom. The lowest BCUT2D eigenvalue weighted by atomic mass is 9.97. The first-order chi connectivity index (χ1) is 17.0. The van der Waals surface area contributed by atoms with Crippen molar-refractivity contribution in [3.05, 3.63) is 89.2 Å². The van der Waals surface area contributed by atoms with Gasteiger partial charge in [-0.05, 0) is 60.3 Å². The smallest absolute Gasteiger partial charge is 0.252 e. The van der Waals surface area contributed by atoms with E-state index in [0.29, 0.717) is 34.3 Å². The normalized spacial score (nSPS) is 11.6. The average Bonchev–Trinajstić information content (AvgIpc) is 2.90. The van der Waals surface area contributed by atoms with Crippen molar-refractivity contribution < 1.29 is 23.7 Å². The van der Waals surface area contributed by atoms with Gasteiger partial charge in [0.25, 0.3) is 5.91 Å². The van der Waals surface area contributed by atoms with Gasteiger partial charge in [0, 0.05) is 17.1 Å². The Morgan fingerprint density at radius 2 is 1.40 bits per heavy atom. The van der Waals surface area contributed by atoms with Gasteiger partial charge in [-0.25, -0.2) is 0 Å². The fraction of sp³-hybridized carbons (Fsp3) is 0.214. The van der Waals surface area contributed by atoms with Crippen molar-refractivity contribution >= 4 is 16.7 Å². The first-order valence-electron chi connectivity index (χ1n) is 11.1. The molecular weight excluding hydrogens is 444 g/mol. The fourth-order valence-corrected chi connectivity index (χ4v) is 4.01. The Balaban J connectivity index is 1.88. The number of carbonyl (C=O) groups is 1. The third kappa shape index (κ3) is 4.84. The summed E-state index contributed by atoms with van der Waals surface area (Å²) in [7, 11) is 6.35. The second-order valence-corrected chi connectivity index (χ2v) is 8.01. The summed E-state index contributed by atoms with van der Waals surface area (Å²) in [4.78, 5) is 18.0. The van der Waals surface area contributed by atoms with Gasteiger partial charge in [-0.1, -0.05) is 23.8 Å². The van der Waals surface area contributed by atoms with Crippen molar-refractivity contribution in [1.29, 1.82) is 0 Å². The van der Waals surface area contributed by atoms with E-state index in [1.165, 1.54) is 0 Å². The van der Waals surface area contributed by atoms with Crippen LogP contribution in [0.4, 0.5) is 0 Å². The molecule has 0 bridgehead atoms. The number of aryl methyl sites for hydroxylation is 1. The second kappa shape index (κ2) is 10.3. The van der Waals surface area contributed by atoms with Crippen LogP contribution < -0.4 is 24.3 Å². The molecule has 4 aromatic rings. The monoisotopic (exact) mass is 472 g/mol. The summed E-state index contributed by atoms with van der Waals surface area (Å²) in [5.74, 6) is 2.12. The van der Waals surface area contributed by atoms with E-state index < -0.39 is 6.04 Å². The van der Waals surface area contributed by atoms with Crippen LogP contribution in [0.15, 0.2) is 66.9 Å². The summed E-state index contributed by atoms with van der Waals surface area (Å²) in [6.07, 6.45) is 1.72. The summed E-state index contributed by atoms with van der Waals surface area (Å²) in [6.45, 7) is 1.98. The van der Waals surface area contributed by atoms with Gasteiger partial charge >= 0.3 is 0 Å². The minimum atomic E-state index is -0.578. The molecule has 1 aromatic heterocycles. The van der Waals surface area contributed by atoms with Crippen molar-refractivity contribution in [2.24, 2.45) is 0 Å². The van der Waals surface area contributed by atoms with E-state index >= 15 is 0 Å². The standard InChI is InChI=1S/C28H28N2O5/c1-17-6-8-18(9-7-17)28(31)30-26(20-10-11-22(32-2)23(15-20)33-3)27-21-16-25(35-5)24(34-4)14-19(21)12-13-29-27/h6-16,26H,1-5H3,(H,30,31)/t26-/m1/s1. The molecule has 0 fully saturated rings. The molecule has 0 radical (unpaired) electrons. The Bertz CT molecular complexity index is 1350. The summed E-state index contributed by atoms with van der Waals surface area (Å²) in [5, 5.41) is 4.90. The molecule has 0 spiro atoms. The average molecular weight is 473 g/mol. The predicted molar refractivity (Wildman–Crippen MR) is 135 cm³/mol. The number of nitrogens with zero attached hydrogens (tertiary/aromatic N) is 1. The van der Waals surface area contributed by atoms with E-state index in [9.17, 15) is 4.79 Å². The molecule has 4 rings (SSSR count). The highest BCUT2D eigenvalue weighted by atomic mass is 16.5. The molecule has 0 aliphatic rings. The van der Waals surface area contributed by atoms with Crippen molar-refractivity contribution in [3.8, 4) is 23.0 Å². The topological polar surface area (TPSA) is 78.9 Å². The number of carbonyl (C=O) groups excluding carboxylic acids is 1. The number of fused-ring (bicyclic) bond motifs is 1. The SMILES string of the molecule is COc1ccc([C@@H](NC(=O)c2ccc(C)cc2)c2nccc3cc(OC)c(OC)cc23)cc1OC. The first-order valence-corrected chi connectivity index (χ1v) is 11.1. The molecule has 1 amide bonds. The van der Waals surface area contributed by atoms with E-state index in [2.05, 4.69) is 5.32 Å². The number of nitrogens with one attached hydrogen (secondary N) is 1. The lowest BCUT2D eigenvalue weighted by Crippen LogP contribution is -2.30. The summed E-state index contributed by atoms with van der Waals surface area (Å²) in [6, 6.07) is 18.1. The van der Waals surface area contributed by atoms with Crippen LogP contribution in [0.1, 0.15) is 33.2 Å². The molecule has 0 saturated carbocycles. The summed E-state index contributed by atoms with van der Waals surface area (Å²) < 4.78 is 21.9. The van der Waals surface area contributed by atoms with Gasteiger partial charge in [-0.2, -0.15) is 0 Å². The molecule has 35 heavy (non-hydrogen) atoms. The summed E-state index contributed by atoms with van der Waals surface area (Å²) in [5.41, 5.74) is 3.09. The Kier molecular flexibility index (Phi) is 7.06. The van der Waals surface area contributed by atoms with Gasteiger partial charge in [0.05, 0.1) is 40.2 Å². The number of rotatable bonds is 8. The Labute approximate surface area is 204 Å². The van der Waals surface area contributed by atoms with Crippen LogP contribution in [0, 0.1) is 6.92 Å². The van der Waals surface area contributed by atoms with E-state index in [0.717, 1.165) is 21.9 Å². The number of amides is 1. The molecule has 180 valence electrons. The van der Waals surface area contributed by atoms with Crippen LogP contribution in [0.2, 0.25) is 0 Å². The fourth-order valence-electron chi connectivity index (χ4n) is 4.01. The van der Waals surface area contributed by atoms with Gasteiger partial charge < -0.3 is 24.3 Å². The molecule has 7 heteroatoms. The zero-order valence-electron chi connectivity index (χ0n) is 20.4. The molecule has 3 aromatic carbocycles. The lowest BCUT2D eigenvalue weighted by Gasteiger charge is -2.22. The maximum absolute atomic E-state index is 13.3. The molecule has 0 saturated heterocycles. The van der Waals surface area contributed by atoms with Crippen LogP contribution in [-0.2, 0) is 0 Å². The maximum Gasteiger partial charge on any atom is 0.252 e. The van der Waals surface area contributed by atoms with Crippen LogP contribution in [-0.4, -0.2) is 39.3 Å². The molecular formula is C28H28N2O5. The van der Waals surface area contributed by atoms with Gasteiger partial charge in [-0.3, -0.25) is 9.78 Å². The number of benzene rings is 3. The molecule has 7 nitrogen and oxygen atoms in total. The van der Waals surface area contributed by atoms with Crippen molar-refractivity contribution in [2.75, 3.05) is 28.4 Å². The maximum atomic E-state index is 13.3. The van der Waals surface area contributed by atoms with Gasteiger partial charge in [0.1, 0.15) is 0 Å². The predicted octanol–water partition coefficient (Wildman–Crippen LogP) is 5.10. The van der Waals surface area contributed by atoms with E-state index in [-0.39, 0.29) is 5.91 Å². The Morgan fingerprint density at radius 3 is 2.06 bits per heavy atom. The second-order valence-electron chi connectivity index (χ2n) is 8.01. The van der Waals surface area contributed by atoms with Gasteiger partial charge in [0.15, 0.2) is 23.0 Å². The van der Waals surface area contributed by atoms with Gasteiger partial charge in [0.2, 0.25) is 0 Å². The van der Waals surface area contributed by atoms with Crippen molar-refractivity contribution in [3.63, 3.8) is 0 Å². The van der Waals surface area contributed by atoms with Crippen LogP contribution >= 0.6 is 0 Å². The van der Waals surface area contributed by atoms with E-state index in [4.69, 9.17) is 23.9 Å². The number of pyridine rings is 1. The molecule has 1 atom stereocenters. The van der Waals surface area contributed by atoms with Crippen molar-refractivity contribution in [2.45, 2.75) is 13.0 Å². The molecule has 1 N–H and O–H groups in total. The highest BCUT2D eigenvalue weighted by Crippen LogP contribution is 2.37. The zero-order valence-corrected chi connectivity index (χ0v) is 20.4. The number of ether oxygens (including phenoxy) is 4. The number of methoxy groups -OCH3 is 4. The van der Waals surface area contributed by atoms with E-state index in [1.54, 1.807) is 46.8 Å². The molecule has 0 aliphatic carbocycles. The number of hydrogen-bond acceptors (Lipinski definition) is 6. The van der Waals surface area contributed by atoms with Crippen LogP contribution in [0.3, 0.4) is 0 Å². The lowest BCUT2D eigenvalue weighted by molar-refractivity contribution is 0.0942. The minimum Gasteiger partial charge on any atom is -0.493 e. The van der Waals surface area contributed by atoms with Crippen LogP contribution in [0.5, 0.6) is 23.0 Å². The molecule has 1 heterocycles. The van der Waals surface area contributed by atoms with Crippen LogP contribution in [0.25, 0.3) is 10.8 Å². The first kappa shape index (κ1) is 23.9. The third-order valence-corrected chi connectivity index (χ3v) is 5.90. The highest BCUT2D eigenvalue weighted by molar-refractivity contribution is 5.95.